The van der Waals surface area contributed by atoms with Crippen molar-refractivity contribution in [2.45, 2.75) is 39.5 Å². The highest BCUT2D eigenvalue weighted by Crippen LogP contribution is 2.22. The maximum atomic E-state index is 12.5. The highest BCUT2D eigenvalue weighted by atomic mass is 16.5. The number of furan rings is 1. The first-order chi connectivity index (χ1) is 12.5. The van der Waals surface area contributed by atoms with E-state index in [9.17, 15) is 9.59 Å². The maximum Gasteiger partial charge on any atom is 0.229 e. The Hall–Kier alpha value is -2.60. The lowest BCUT2D eigenvalue weighted by atomic mass is 10.1. The predicted octanol–water partition coefficient (Wildman–Crippen LogP) is 3.19. The number of nitrogens with one attached hydrogen (secondary N) is 1. The van der Waals surface area contributed by atoms with Gasteiger partial charge in [0.25, 0.3) is 0 Å². The summed E-state index contributed by atoms with van der Waals surface area (Å²) in [5.41, 5.74) is 1.67. The van der Waals surface area contributed by atoms with Gasteiger partial charge in [-0.25, -0.2) is 0 Å². The molecule has 3 rings (SSSR count). The monoisotopic (exact) mass is 356 g/mol. The molecule has 1 aliphatic heterocycles. The van der Waals surface area contributed by atoms with Crippen LogP contribution in [0, 0.1) is 5.92 Å². The number of nitrogens with zero attached hydrogens (tertiary/aromatic N) is 1. The Kier molecular flexibility index (Phi) is 5.73. The van der Waals surface area contributed by atoms with Gasteiger partial charge in [0.05, 0.1) is 18.8 Å². The number of hydrogen-bond acceptors (Lipinski definition) is 4. The summed E-state index contributed by atoms with van der Waals surface area (Å²) < 4.78 is 10.8. The molecule has 1 aliphatic rings. The standard InChI is InChI=1S/C20H24N2O4/c1-14(2)22-11-16(10-19(22)23)20(24)21-17-6-3-5-15(9-17)12-25-13-18-7-4-8-26-18/h3-9,14,16H,10-13H2,1-2H3,(H,21,24). The van der Waals surface area contributed by atoms with Gasteiger partial charge in [-0.05, 0) is 43.7 Å². The fraction of sp³-hybridized carbons (Fsp3) is 0.400. The van der Waals surface area contributed by atoms with E-state index in [4.69, 9.17) is 9.15 Å². The Morgan fingerprint density at radius 2 is 2.15 bits per heavy atom. The van der Waals surface area contributed by atoms with Crippen LogP contribution in [0.2, 0.25) is 0 Å². The molecule has 0 bridgehead atoms. The zero-order valence-electron chi connectivity index (χ0n) is 15.1. The molecule has 0 spiro atoms. The molecule has 1 unspecified atom stereocenters. The number of hydrogen-bond donors (Lipinski definition) is 1. The lowest BCUT2D eigenvalue weighted by Crippen LogP contribution is -2.33. The normalized spacial score (nSPS) is 17.1. The third-order valence-corrected chi connectivity index (χ3v) is 4.44. The van der Waals surface area contributed by atoms with E-state index in [1.54, 1.807) is 11.2 Å². The predicted molar refractivity (Wildman–Crippen MR) is 97.2 cm³/mol. The molecule has 1 aromatic carbocycles. The molecular formula is C20H24N2O4. The van der Waals surface area contributed by atoms with Crippen molar-refractivity contribution >= 4 is 17.5 Å². The number of anilines is 1. The molecule has 26 heavy (non-hydrogen) atoms. The van der Waals surface area contributed by atoms with Crippen LogP contribution < -0.4 is 5.32 Å². The Bertz CT molecular complexity index is 755. The second-order valence-corrected chi connectivity index (χ2v) is 6.80. The molecule has 2 heterocycles. The fourth-order valence-corrected chi connectivity index (χ4v) is 3.05. The number of carbonyl (C=O) groups is 2. The molecular weight excluding hydrogens is 332 g/mol. The van der Waals surface area contributed by atoms with Gasteiger partial charge in [-0.3, -0.25) is 9.59 Å². The lowest BCUT2D eigenvalue weighted by Gasteiger charge is -2.20. The van der Waals surface area contributed by atoms with E-state index in [-0.39, 0.29) is 30.2 Å². The molecule has 1 fully saturated rings. The molecule has 2 aromatic rings. The summed E-state index contributed by atoms with van der Waals surface area (Å²) >= 11 is 0. The first-order valence-electron chi connectivity index (χ1n) is 8.82. The van der Waals surface area contributed by atoms with Crippen LogP contribution in [0.25, 0.3) is 0 Å². The van der Waals surface area contributed by atoms with Gasteiger partial charge in [-0.15, -0.1) is 0 Å². The van der Waals surface area contributed by atoms with Crippen LogP contribution in [-0.2, 0) is 27.5 Å². The second-order valence-electron chi connectivity index (χ2n) is 6.80. The summed E-state index contributed by atoms with van der Waals surface area (Å²) in [6.07, 6.45) is 1.89. The van der Waals surface area contributed by atoms with E-state index >= 15 is 0 Å². The number of ether oxygens (including phenoxy) is 1. The Labute approximate surface area is 153 Å². The minimum atomic E-state index is -0.302. The highest BCUT2D eigenvalue weighted by Gasteiger charge is 2.35. The van der Waals surface area contributed by atoms with Crippen molar-refractivity contribution in [1.82, 2.24) is 4.90 Å². The van der Waals surface area contributed by atoms with Crippen LogP contribution in [0.1, 0.15) is 31.6 Å². The molecule has 1 atom stereocenters. The third-order valence-electron chi connectivity index (χ3n) is 4.44. The van der Waals surface area contributed by atoms with Crippen molar-refractivity contribution in [2.75, 3.05) is 11.9 Å². The molecule has 6 nitrogen and oxygen atoms in total. The maximum absolute atomic E-state index is 12.5. The highest BCUT2D eigenvalue weighted by molar-refractivity contribution is 5.97. The van der Waals surface area contributed by atoms with Crippen molar-refractivity contribution in [2.24, 2.45) is 5.92 Å². The minimum absolute atomic E-state index is 0.0419. The van der Waals surface area contributed by atoms with E-state index in [2.05, 4.69) is 5.32 Å². The molecule has 0 aliphatic carbocycles. The smallest absolute Gasteiger partial charge is 0.229 e. The molecule has 1 aromatic heterocycles. The van der Waals surface area contributed by atoms with Crippen LogP contribution in [0.4, 0.5) is 5.69 Å². The van der Waals surface area contributed by atoms with Gasteiger partial charge < -0.3 is 19.4 Å². The summed E-state index contributed by atoms with van der Waals surface area (Å²) in [7, 11) is 0. The SMILES string of the molecule is CC(C)N1CC(C(=O)Nc2cccc(COCc3ccco3)c2)CC1=O. The second kappa shape index (κ2) is 8.19. The summed E-state index contributed by atoms with van der Waals surface area (Å²) in [5, 5.41) is 2.92. The number of amides is 2. The minimum Gasteiger partial charge on any atom is -0.467 e. The van der Waals surface area contributed by atoms with E-state index < -0.39 is 0 Å². The first-order valence-corrected chi connectivity index (χ1v) is 8.82. The Morgan fingerprint density at radius 1 is 1.31 bits per heavy atom. The molecule has 0 saturated carbocycles. The van der Waals surface area contributed by atoms with Gasteiger partial charge in [-0.2, -0.15) is 0 Å². The van der Waals surface area contributed by atoms with Crippen molar-refractivity contribution < 1.29 is 18.7 Å². The van der Waals surface area contributed by atoms with E-state index in [1.165, 1.54) is 0 Å². The van der Waals surface area contributed by atoms with Crippen LogP contribution >= 0.6 is 0 Å². The van der Waals surface area contributed by atoms with Crippen LogP contribution in [-0.4, -0.2) is 29.3 Å². The molecule has 2 amide bonds. The lowest BCUT2D eigenvalue weighted by molar-refractivity contribution is -0.129. The van der Waals surface area contributed by atoms with Crippen molar-refractivity contribution in [3.63, 3.8) is 0 Å². The van der Waals surface area contributed by atoms with Crippen LogP contribution in [0.3, 0.4) is 0 Å². The molecule has 0 radical (unpaired) electrons. The quantitative estimate of drug-likeness (QED) is 0.827. The van der Waals surface area contributed by atoms with E-state index in [0.29, 0.717) is 25.4 Å². The number of carbonyl (C=O) groups excluding carboxylic acids is 2. The Morgan fingerprint density at radius 3 is 2.85 bits per heavy atom. The first kappa shape index (κ1) is 18.2. The number of rotatable bonds is 7. The van der Waals surface area contributed by atoms with Crippen LogP contribution in [0.15, 0.2) is 47.1 Å². The summed E-state index contributed by atoms with van der Waals surface area (Å²) in [6, 6.07) is 11.3. The van der Waals surface area contributed by atoms with Crippen molar-refractivity contribution in [3.05, 3.63) is 54.0 Å². The molecule has 1 N–H and O–H groups in total. The summed E-state index contributed by atoms with van der Waals surface area (Å²) in [4.78, 5) is 26.2. The van der Waals surface area contributed by atoms with Gasteiger partial charge in [0.1, 0.15) is 12.4 Å². The number of likely N-dealkylation sites (tertiary alicyclic amines) is 1. The molecule has 1 saturated heterocycles. The molecule has 138 valence electrons. The molecule has 6 heteroatoms. The summed E-state index contributed by atoms with van der Waals surface area (Å²) in [6.45, 7) is 5.23. The topological polar surface area (TPSA) is 71.8 Å². The van der Waals surface area contributed by atoms with Gasteiger partial charge in [0.2, 0.25) is 11.8 Å². The van der Waals surface area contributed by atoms with E-state index in [0.717, 1.165) is 11.3 Å². The third kappa shape index (κ3) is 4.52. The van der Waals surface area contributed by atoms with Gasteiger partial charge >= 0.3 is 0 Å². The van der Waals surface area contributed by atoms with Gasteiger partial charge in [0.15, 0.2) is 0 Å². The zero-order chi connectivity index (χ0) is 18.5. The number of benzene rings is 1. The fourth-order valence-electron chi connectivity index (χ4n) is 3.05. The average molecular weight is 356 g/mol. The average Bonchev–Trinajstić information content (AvgIpc) is 3.25. The van der Waals surface area contributed by atoms with E-state index in [1.807, 2.05) is 50.2 Å². The largest absolute Gasteiger partial charge is 0.467 e. The zero-order valence-corrected chi connectivity index (χ0v) is 15.1. The van der Waals surface area contributed by atoms with Crippen LogP contribution in [0.5, 0.6) is 0 Å². The van der Waals surface area contributed by atoms with Gasteiger partial charge in [0, 0.05) is 24.7 Å². The summed E-state index contributed by atoms with van der Waals surface area (Å²) in [5.74, 6) is 0.397. The van der Waals surface area contributed by atoms with Crippen molar-refractivity contribution in [3.8, 4) is 0 Å². The Balaban J connectivity index is 1.53. The van der Waals surface area contributed by atoms with Gasteiger partial charge in [-0.1, -0.05) is 12.1 Å². The van der Waals surface area contributed by atoms with Crippen molar-refractivity contribution in [1.29, 1.82) is 0 Å².